The van der Waals surface area contributed by atoms with Gasteiger partial charge in [-0.25, -0.2) is 0 Å². The molecule has 0 saturated heterocycles. The van der Waals surface area contributed by atoms with Crippen LogP contribution < -0.4 is 5.32 Å². The Balaban J connectivity index is 2.46. The van der Waals surface area contributed by atoms with Crippen LogP contribution in [0.1, 0.15) is 10.4 Å². The zero-order valence-electron chi connectivity index (χ0n) is 9.27. The first-order valence-electron chi connectivity index (χ1n) is 4.90. The van der Waals surface area contributed by atoms with E-state index in [2.05, 4.69) is 10.1 Å². The summed E-state index contributed by atoms with van der Waals surface area (Å²) in [5.74, 6) is -0.562. The molecule has 0 fully saturated rings. The third-order valence-corrected chi connectivity index (χ3v) is 2.21. The lowest BCUT2D eigenvalue weighted by Gasteiger charge is -1.98. The molecule has 0 aliphatic rings. The van der Waals surface area contributed by atoms with E-state index in [0.29, 0.717) is 10.6 Å². The smallest absolute Gasteiger partial charge is 0.325 e. The molecule has 1 aromatic rings. The number of ether oxygens (including phenoxy) is 1. The van der Waals surface area contributed by atoms with E-state index in [4.69, 9.17) is 11.6 Å². The fourth-order valence-electron chi connectivity index (χ4n) is 1.06. The Morgan fingerprint density at radius 2 is 2.00 bits per heavy atom. The molecule has 0 heterocycles. The van der Waals surface area contributed by atoms with Crippen LogP contribution in [0.5, 0.6) is 0 Å². The maximum absolute atomic E-state index is 11.6. The number of halogens is 1. The van der Waals surface area contributed by atoms with E-state index in [1.165, 1.54) is 19.4 Å². The van der Waals surface area contributed by atoms with E-state index in [-0.39, 0.29) is 12.3 Å². The summed E-state index contributed by atoms with van der Waals surface area (Å²) < 4.78 is 4.42. The summed E-state index contributed by atoms with van der Waals surface area (Å²) in [7, 11) is 1.30. The molecule has 0 aromatic heterocycles. The zero-order valence-corrected chi connectivity index (χ0v) is 10.0. The third-order valence-electron chi connectivity index (χ3n) is 1.96. The Morgan fingerprint density at radius 3 is 2.59 bits per heavy atom. The summed E-state index contributed by atoms with van der Waals surface area (Å²) in [6.07, 6.45) is 2.75. The molecule has 17 heavy (non-hydrogen) atoms. The zero-order chi connectivity index (χ0) is 12.7. The molecule has 0 radical (unpaired) electrons. The lowest BCUT2D eigenvalue weighted by atomic mass is 10.1. The average Bonchev–Trinajstić information content (AvgIpc) is 2.34. The van der Waals surface area contributed by atoms with Crippen molar-refractivity contribution in [2.75, 3.05) is 13.7 Å². The van der Waals surface area contributed by atoms with Crippen LogP contribution in [0.15, 0.2) is 36.5 Å². The van der Waals surface area contributed by atoms with Gasteiger partial charge in [0.2, 0.25) is 0 Å². The minimum atomic E-state index is -0.395. The molecule has 0 amide bonds. The molecule has 0 aliphatic carbocycles. The predicted octanol–water partition coefficient (Wildman–Crippen LogP) is 1.80. The van der Waals surface area contributed by atoms with Gasteiger partial charge < -0.3 is 10.1 Å². The quantitative estimate of drug-likeness (QED) is 0.494. The molecular weight excluding hydrogens is 242 g/mol. The molecule has 0 saturated carbocycles. The van der Waals surface area contributed by atoms with Crippen molar-refractivity contribution in [3.05, 3.63) is 47.1 Å². The van der Waals surface area contributed by atoms with Gasteiger partial charge in [-0.15, -0.1) is 0 Å². The molecule has 90 valence electrons. The highest BCUT2D eigenvalue weighted by molar-refractivity contribution is 6.30. The van der Waals surface area contributed by atoms with Crippen molar-refractivity contribution < 1.29 is 14.3 Å². The van der Waals surface area contributed by atoms with Gasteiger partial charge in [-0.05, 0) is 24.3 Å². The van der Waals surface area contributed by atoms with Crippen molar-refractivity contribution in [1.82, 2.24) is 5.32 Å². The first kappa shape index (κ1) is 13.3. The van der Waals surface area contributed by atoms with Gasteiger partial charge in [0.25, 0.3) is 0 Å². The van der Waals surface area contributed by atoms with E-state index in [1.807, 2.05) is 0 Å². The first-order chi connectivity index (χ1) is 8.13. The highest BCUT2D eigenvalue weighted by Crippen LogP contribution is 2.10. The van der Waals surface area contributed by atoms with Gasteiger partial charge in [0.15, 0.2) is 5.78 Å². The molecule has 1 rings (SSSR count). The number of esters is 1. The molecule has 1 aromatic carbocycles. The van der Waals surface area contributed by atoms with E-state index in [1.54, 1.807) is 24.3 Å². The Bertz CT molecular complexity index is 426. The maximum Gasteiger partial charge on any atom is 0.325 e. The minimum Gasteiger partial charge on any atom is -0.468 e. The van der Waals surface area contributed by atoms with Crippen LogP contribution >= 0.6 is 11.6 Å². The van der Waals surface area contributed by atoms with Gasteiger partial charge in [0, 0.05) is 22.9 Å². The number of hydrogen-bond donors (Lipinski definition) is 1. The molecule has 0 atom stereocenters. The molecule has 0 aliphatic heterocycles. The number of methoxy groups -OCH3 is 1. The number of ketones is 1. The topological polar surface area (TPSA) is 55.4 Å². The first-order valence-corrected chi connectivity index (χ1v) is 5.28. The van der Waals surface area contributed by atoms with Crippen LogP contribution in [0.2, 0.25) is 5.02 Å². The summed E-state index contributed by atoms with van der Waals surface area (Å²) in [6.45, 7) is 0.0287. The van der Waals surface area contributed by atoms with Gasteiger partial charge in [0.1, 0.15) is 6.54 Å². The standard InChI is InChI=1S/C12H12ClNO3/c1-17-12(16)8-14-7-6-11(15)9-2-4-10(13)5-3-9/h2-7,14H,8H2,1H3. The van der Waals surface area contributed by atoms with Crippen LogP contribution in [0.3, 0.4) is 0 Å². The number of benzene rings is 1. The largest absolute Gasteiger partial charge is 0.468 e. The van der Waals surface area contributed by atoms with Gasteiger partial charge in [-0.2, -0.15) is 0 Å². The Morgan fingerprint density at radius 1 is 1.35 bits per heavy atom. The van der Waals surface area contributed by atoms with E-state index in [9.17, 15) is 9.59 Å². The van der Waals surface area contributed by atoms with Gasteiger partial charge >= 0.3 is 5.97 Å². The Hall–Kier alpha value is -1.81. The molecule has 5 heteroatoms. The van der Waals surface area contributed by atoms with E-state index < -0.39 is 5.97 Å². The van der Waals surface area contributed by atoms with Crippen molar-refractivity contribution in [2.45, 2.75) is 0 Å². The molecular formula is C12H12ClNO3. The van der Waals surface area contributed by atoms with Crippen LogP contribution in [0.25, 0.3) is 0 Å². The number of carbonyl (C=O) groups is 2. The van der Waals surface area contributed by atoms with Gasteiger partial charge in [-0.1, -0.05) is 11.6 Å². The molecule has 0 spiro atoms. The predicted molar refractivity (Wildman–Crippen MR) is 64.9 cm³/mol. The SMILES string of the molecule is COC(=O)CNC=CC(=O)c1ccc(Cl)cc1. The summed E-state index contributed by atoms with van der Waals surface area (Å²) in [4.78, 5) is 22.3. The van der Waals surface area contributed by atoms with Crippen molar-refractivity contribution >= 4 is 23.4 Å². The maximum atomic E-state index is 11.6. The number of hydrogen-bond acceptors (Lipinski definition) is 4. The minimum absolute atomic E-state index is 0.0287. The van der Waals surface area contributed by atoms with E-state index in [0.717, 1.165) is 0 Å². The summed E-state index contributed by atoms with van der Waals surface area (Å²) in [5.41, 5.74) is 0.533. The lowest BCUT2D eigenvalue weighted by Crippen LogP contribution is -2.19. The Kier molecular flexibility index (Phi) is 5.23. The molecule has 4 nitrogen and oxygen atoms in total. The van der Waals surface area contributed by atoms with Crippen molar-refractivity contribution in [1.29, 1.82) is 0 Å². The molecule has 0 bridgehead atoms. The average molecular weight is 254 g/mol. The highest BCUT2D eigenvalue weighted by Gasteiger charge is 2.01. The summed E-state index contributed by atoms with van der Waals surface area (Å²) in [5, 5.41) is 3.22. The third kappa shape index (κ3) is 4.70. The fourth-order valence-corrected chi connectivity index (χ4v) is 1.19. The molecule has 0 unspecified atom stereocenters. The number of carbonyl (C=O) groups excluding carboxylic acids is 2. The second-order valence-electron chi connectivity index (χ2n) is 3.16. The number of allylic oxidation sites excluding steroid dienone is 1. The van der Waals surface area contributed by atoms with Crippen LogP contribution in [-0.2, 0) is 9.53 Å². The monoisotopic (exact) mass is 253 g/mol. The normalized spacial score (nSPS) is 10.2. The van der Waals surface area contributed by atoms with Crippen molar-refractivity contribution in [2.24, 2.45) is 0 Å². The van der Waals surface area contributed by atoms with Crippen molar-refractivity contribution in [3.63, 3.8) is 0 Å². The van der Waals surface area contributed by atoms with Crippen molar-refractivity contribution in [3.8, 4) is 0 Å². The van der Waals surface area contributed by atoms with Crippen LogP contribution in [-0.4, -0.2) is 25.4 Å². The summed E-state index contributed by atoms with van der Waals surface area (Å²) >= 11 is 5.70. The van der Waals surface area contributed by atoms with Gasteiger partial charge in [0.05, 0.1) is 7.11 Å². The second-order valence-corrected chi connectivity index (χ2v) is 3.60. The van der Waals surface area contributed by atoms with Gasteiger partial charge in [-0.3, -0.25) is 9.59 Å². The van der Waals surface area contributed by atoms with E-state index >= 15 is 0 Å². The van der Waals surface area contributed by atoms with Crippen LogP contribution in [0.4, 0.5) is 0 Å². The fraction of sp³-hybridized carbons (Fsp3) is 0.167. The Labute approximate surface area is 104 Å². The second kappa shape index (κ2) is 6.70. The lowest BCUT2D eigenvalue weighted by molar-refractivity contribution is -0.139. The summed E-state index contributed by atoms with van der Waals surface area (Å²) in [6, 6.07) is 6.56. The highest BCUT2D eigenvalue weighted by atomic mass is 35.5. The van der Waals surface area contributed by atoms with Crippen LogP contribution in [0, 0.1) is 0 Å². The number of rotatable bonds is 5. The molecule has 1 N–H and O–H groups in total. The number of nitrogens with one attached hydrogen (secondary N) is 1.